The summed E-state index contributed by atoms with van der Waals surface area (Å²) in [5.41, 5.74) is 3.90. The highest BCUT2D eigenvalue weighted by atomic mass is 32.1. The molecule has 0 aliphatic carbocycles. The topological polar surface area (TPSA) is 59.9 Å². The van der Waals surface area contributed by atoms with Crippen LogP contribution in [0.3, 0.4) is 0 Å². The number of thiazole rings is 1. The average Bonchev–Trinajstić information content (AvgIpc) is 2.79. The Balaban J connectivity index is 1.95. The van der Waals surface area contributed by atoms with Crippen molar-refractivity contribution in [3.05, 3.63) is 27.8 Å². The Kier molecular flexibility index (Phi) is 4.68. The molecule has 0 spiro atoms. The fourth-order valence-corrected chi connectivity index (χ4v) is 2.38. The van der Waals surface area contributed by atoms with Gasteiger partial charge in [-0.2, -0.15) is 4.98 Å². The monoisotopic (exact) mass is 278 g/mol. The molecule has 0 bridgehead atoms. The molecule has 1 N–H and O–H groups in total. The van der Waals surface area contributed by atoms with Gasteiger partial charge in [0, 0.05) is 29.6 Å². The molecule has 2 rings (SSSR count). The Hall–Kier alpha value is -1.69. The second kappa shape index (κ2) is 6.47. The first kappa shape index (κ1) is 13.7. The highest BCUT2D eigenvalue weighted by Crippen LogP contribution is 2.17. The lowest BCUT2D eigenvalue weighted by molar-refractivity contribution is 0.307. The molecular weight excluding hydrogens is 260 g/mol. The first-order valence-electron chi connectivity index (χ1n) is 6.30. The Bertz CT molecular complexity index is 541. The van der Waals surface area contributed by atoms with Crippen LogP contribution in [-0.4, -0.2) is 28.1 Å². The van der Waals surface area contributed by atoms with Crippen LogP contribution in [0.4, 0.5) is 5.95 Å². The Morgan fingerprint density at radius 2 is 2.16 bits per heavy atom. The van der Waals surface area contributed by atoms with Crippen molar-refractivity contribution in [1.82, 2.24) is 15.0 Å². The zero-order valence-electron chi connectivity index (χ0n) is 11.4. The molecule has 0 saturated heterocycles. The van der Waals surface area contributed by atoms with Gasteiger partial charge in [-0.1, -0.05) is 0 Å². The molecule has 0 radical (unpaired) electrons. The van der Waals surface area contributed by atoms with Crippen molar-refractivity contribution in [3.63, 3.8) is 0 Å². The summed E-state index contributed by atoms with van der Waals surface area (Å²) in [6.07, 6.45) is 2.63. The molecule has 0 aliphatic heterocycles. The van der Waals surface area contributed by atoms with E-state index >= 15 is 0 Å². The van der Waals surface area contributed by atoms with Crippen LogP contribution in [0.25, 0.3) is 0 Å². The van der Waals surface area contributed by atoms with E-state index in [-0.39, 0.29) is 0 Å². The molecule has 0 atom stereocenters. The van der Waals surface area contributed by atoms with Crippen LogP contribution in [0.2, 0.25) is 0 Å². The maximum Gasteiger partial charge on any atom is 0.225 e. The molecule has 102 valence electrons. The summed E-state index contributed by atoms with van der Waals surface area (Å²) < 4.78 is 5.74. The molecule has 0 aromatic carbocycles. The van der Waals surface area contributed by atoms with Gasteiger partial charge in [-0.05, 0) is 20.8 Å². The zero-order valence-corrected chi connectivity index (χ0v) is 12.3. The van der Waals surface area contributed by atoms with Crippen molar-refractivity contribution in [1.29, 1.82) is 0 Å². The Labute approximate surface area is 117 Å². The number of anilines is 1. The van der Waals surface area contributed by atoms with Gasteiger partial charge in [-0.3, -0.25) is 0 Å². The van der Waals surface area contributed by atoms with E-state index in [0.29, 0.717) is 18.4 Å². The lowest BCUT2D eigenvalue weighted by Crippen LogP contribution is -2.07. The molecule has 0 unspecified atom stereocenters. The number of hydrogen-bond donors (Lipinski definition) is 1. The van der Waals surface area contributed by atoms with Gasteiger partial charge in [0.2, 0.25) is 11.8 Å². The minimum absolute atomic E-state index is 0.604. The number of ether oxygens (including phenoxy) is 1. The van der Waals surface area contributed by atoms with Crippen LogP contribution in [-0.2, 0) is 6.42 Å². The number of nitrogens with one attached hydrogen (secondary N) is 1. The molecular formula is C13H18N4OS. The zero-order chi connectivity index (χ0) is 13.7. The summed E-state index contributed by atoms with van der Waals surface area (Å²) in [7, 11) is 0. The maximum atomic E-state index is 5.74. The first-order chi connectivity index (χ1) is 9.20. The van der Waals surface area contributed by atoms with E-state index in [4.69, 9.17) is 4.74 Å². The second-order valence-corrected chi connectivity index (χ2v) is 5.11. The number of aryl methyl sites for hydroxylation is 2. The van der Waals surface area contributed by atoms with Crippen LogP contribution < -0.4 is 10.1 Å². The van der Waals surface area contributed by atoms with Crippen LogP contribution in [0.5, 0.6) is 5.88 Å². The van der Waals surface area contributed by atoms with Gasteiger partial charge in [-0.15, -0.1) is 11.3 Å². The van der Waals surface area contributed by atoms with Gasteiger partial charge >= 0.3 is 0 Å². The van der Waals surface area contributed by atoms with E-state index in [1.54, 1.807) is 17.5 Å². The van der Waals surface area contributed by atoms with Crippen LogP contribution in [0, 0.1) is 13.8 Å². The summed E-state index contributed by atoms with van der Waals surface area (Å²) in [4.78, 5) is 14.0. The highest BCUT2D eigenvalue weighted by Gasteiger charge is 2.06. The quantitative estimate of drug-likeness (QED) is 0.880. The average molecular weight is 278 g/mol. The number of hydrogen-bond acceptors (Lipinski definition) is 6. The number of nitrogens with zero attached hydrogens (tertiary/aromatic N) is 3. The maximum absolute atomic E-state index is 5.74. The molecule has 2 aromatic rings. The van der Waals surface area contributed by atoms with Crippen molar-refractivity contribution < 1.29 is 4.74 Å². The SMILES string of the molecule is CCNc1ncc(C)c(OCCc2scnc2C)n1. The van der Waals surface area contributed by atoms with Crippen LogP contribution >= 0.6 is 11.3 Å². The molecule has 2 aromatic heterocycles. The van der Waals surface area contributed by atoms with Crippen LogP contribution in [0.15, 0.2) is 11.7 Å². The van der Waals surface area contributed by atoms with E-state index in [2.05, 4.69) is 20.3 Å². The molecule has 19 heavy (non-hydrogen) atoms. The predicted octanol–water partition coefficient (Wildman–Crippen LogP) is 2.60. The van der Waals surface area contributed by atoms with E-state index in [1.807, 2.05) is 26.3 Å². The third-order valence-corrected chi connectivity index (χ3v) is 3.67. The first-order valence-corrected chi connectivity index (χ1v) is 7.18. The Morgan fingerprint density at radius 3 is 2.84 bits per heavy atom. The standard InChI is InChI=1S/C13H18N4OS/c1-4-14-13-15-7-9(2)12(17-13)18-6-5-11-10(3)16-8-19-11/h7-8H,4-6H2,1-3H3,(H,14,15,17). The predicted molar refractivity (Wildman–Crippen MR) is 77.0 cm³/mol. The number of aromatic nitrogens is 3. The van der Waals surface area contributed by atoms with E-state index in [9.17, 15) is 0 Å². The second-order valence-electron chi connectivity index (χ2n) is 4.17. The fourth-order valence-electron chi connectivity index (χ4n) is 1.62. The fraction of sp³-hybridized carbons (Fsp3) is 0.462. The van der Waals surface area contributed by atoms with Crippen LogP contribution in [0.1, 0.15) is 23.1 Å². The Morgan fingerprint density at radius 1 is 1.32 bits per heavy atom. The molecule has 0 fully saturated rings. The molecule has 6 heteroatoms. The molecule has 0 amide bonds. The lowest BCUT2D eigenvalue weighted by Gasteiger charge is -2.09. The summed E-state index contributed by atoms with van der Waals surface area (Å²) in [6.45, 7) is 7.37. The normalized spacial score (nSPS) is 10.5. The van der Waals surface area contributed by atoms with Crippen molar-refractivity contribution in [2.75, 3.05) is 18.5 Å². The lowest BCUT2D eigenvalue weighted by atomic mass is 10.3. The third-order valence-electron chi connectivity index (χ3n) is 2.67. The molecule has 0 aliphatic rings. The summed E-state index contributed by atoms with van der Waals surface area (Å²) in [6, 6.07) is 0. The molecule has 5 nitrogen and oxygen atoms in total. The van der Waals surface area contributed by atoms with Gasteiger partial charge in [0.25, 0.3) is 0 Å². The van der Waals surface area contributed by atoms with Gasteiger partial charge < -0.3 is 10.1 Å². The largest absolute Gasteiger partial charge is 0.477 e. The molecule has 2 heterocycles. The van der Waals surface area contributed by atoms with E-state index in [0.717, 1.165) is 24.2 Å². The van der Waals surface area contributed by atoms with Gasteiger partial charge in [0.15, 0.2) is 0 Å². The van der Waals surface area contributed by atoms with E-state index < -0.39 is 0 Å². The van der Waals surface area contributed by atoms with Gasteiger partial charge in [0.1, 0.15) is 0 Å². The minimum atomic E-state index is 0.604. The van der Waals surface area contributed by atoms with Crippen molar-refractivity contribution in [2.24, 2.45) is 0 Å². The summed E-state index contributed by atoms with van der Waals surface area (Å²) in [5.74, 6) is 1.25. The third kappa shape index (κ3) is 3.64. The van der Waals surface area contributed by atoms with Crippen molar-refractivity contribution >= 4 is 17.3 Å². The van der Waals surface area contributed by atoms with E-state index in [1.165, 1.54) is 4.88 Å². The van der Waals surface area contributed by atoms with Gasteiger partial charge in [0.05, 0.1) is 17.8 Å². The molecule has 0 saturated carbocycles. The minimum Gasteiger partial charge on any atom is -0.477 e. The highest BCUT2D eigenvalue weighted by molar-refractivity contribution is 7.09. The van der Waals surface area contributed by atoms with Crippen molar-refractivity contribution in [2.45, 2.75) is 27.2 Å². The van der Waals surface area contributed by atoms with Crippen molar-refractivity contribution in [3.8, 4) is 5.88 Å². The van der Waals surface area contributed by atoms with Gasteiger partial charge in [-0.25, -0.2) is 9.97 Å². The smallest absolute Gasteiger partial charge is 0.225 e. The number of rotatable bonds is 6. The summed E-state index contributed by atoms with van der Waals surface area (Å²) in [5, 5.41) is 3.08. The summed E-state index contributed by atoms with van der Waals surface area (Å²) >= 11 is 1.66.